The second kappa shape index (κ2) is 3.51. The lowest BCUT2D eigenvalue weighted by atomic mass is 9.92. The van der Waals surface area contributed by atoms with E-state index in [1.807, 2.05) is 0 Å². The average Bonchev–Trinajstić information content (AvgIpc) is 2.47. The summed E-state index contributed by atoms with van der Waals surface area (Å²) in [6.07, 6.45) is 1.27. The molecule has 0 spiro atoms. The van der Waals surface area contributed by atoms with Gasteiger partial charge in [0.1, 0.15) is 0 Å². The van der Waals surface area contributed by atoms with Gasteiger partial charge in [0.2, 0.25) is 0 Å². The van der Waals surface area contributed by atoms with Crippen LogP contribution in [0.25, 0.3) is 0 Å². The maximum Gasteiger partial charge on any atom is 0.0110 e. The Hall–Kier alpha value is -0.820. The van der Waals surface area contributed by atoms with Crippen LogP contribution in [-0.4, -0.2) is 12.1 Å². The molecule has 1 aliphatic heterocycles. The van der Waals surface area contributed by atoms with Crippen molar-refractivity contribution >= 4 is 0 Å². The second-order valence-electron chi connectivity index (χ2n) is 4.11. The summed E-state index contributed by atoms with van der Waals surface area (Å²) >= 11 is 0. The predicted molar refractivity (Wildman–Crippen MR) is 55.9 cm³/mol. The Morgan fingerprint density at radius 1 is 1.15 bits per heavy atom. The zero-order valence-corrected chi connectivity index (χ0v) is 8.33. The van der Waals surface area contributed by atoms with Crippen LogP contribution >= 0.6 is 0 Å². The van der Waals surface area contributed by atoms with Crippen molar-refractivity contribution in [1.29, 1.82) is 0 Å². The van der Waals surface area contributed by atoms with Gasteiger partial charge in [0.15, 0.2) is 0 Å². The molecular weight excluding hydrogens is 158 g/mol. The summed E-state index contributed by atoms with van der Waals surface area (Å²) in [5.74, 6) is 0.705. The van der Waals surface area contributed by atoms with Gasteiger partial charge in [-0.3, -0.25) is 0 Å². The molecule has 1 aromatic carbocycles. The lowest BCUT2D eigenvalue weighted by Gasteiger charge is -2.14. The van der Waals surface area contributed by atoms with Crippen LogP contribution in [0.3, 0.4) is 0 Å². The fourth-order valence-electron chi connectivity index (χ4n) is 2.34. The topological polar surface area (TPSA) is 12.0 Å². The molecule has 13 heavy (non-hydrogen) atoms. The minimum absolute atomic E-state index is 0.623. The molecule has 3 atom stereocenters. The van der Waals surface area contributed by atoms with Gasteiger partial charge in [-0.1, -0.05) is 30.3 Å². The molecule has 1 N–H and O–H groups in total. The Morgan fingerprint density at radius 3 is 2.38 bits per heavy atom. The molecule has 1 aromatic rings. The summed E-state index contributed by atoms with van der Waals surface area (Å²) in [7, 11) is 0. The molecule has 1 heterocycles. The summed E-state index contributed by atoms with van der Waals surface area (Å²) in [4.78, 5) is 0. The maximum atomic E-state index is 3.57. The predicted octanol–water partition coefficient (Wildman–Crippen LogP) is 2.54. The van der Waals surface area contributed by atoms with Crippen molar-refractivity contribution in [2.24, 2.45) is 0 Å². The lowest BCUT2D eigenvalue weighted by molar-refractivity contribution is 0.575. The molecule has 0 unspecified atom stereocenters. The van der Waals surface area contributed by atoms with Gasteiger partial charge >= 0.3 is 0 Å². The smallest absolute Gasteiger partial charge is 0.0110 e. The van der Waals surface area contributed by atoms with E-state index in [9.17, 15) is 0 Å². The standard InChI is InChI=1S/C12H17N/c1-9-8-12(10(2)13-9)11-6-4-3-5-7-11/h3-7,9-10,12-13H,8H2,1-2H3/t9-,10+,12+/m0/s1. The van der Waals surface area contributed by atoms with Crippen molar-refractivity contribution in [3.05, 3.63) is 35.9 Å². The van der Waals surface area contributed by atoms with Gasteiger partial charge in [0.05, 0.1) is 0 Å². The van der Waals surface area contributed by atoms with Crippen molar-refractivity contribution in [2.45, 2.75) is 38.3 Å². The van der Waals surface area contributed by atoms with Crippen molar-refractivity contribution in [2.75, 3.05) is 0 Å². The first-order valence-corrected chi connectivity index (χ1v) is 5.08. The van der Waals surface area contributed by atoms with Crippen LogP contribution in [-0.2, 0) is 0 Å². The van der Waals surface area contributed by atoms with E-state index in [0.717, 1.165) is 0 Å². The van der Waals surface area contributed by atoms with Crippen LogP contribution < -0.4 is 5.32 Å². The monoisotopic (exact) mass is 175 g/mol. The SMILES string of the molecule is C[C@H]1C[C@@H](c2ccccc2)[C@@H](C)N1. The van der Waals surface area contributed by atoms with Gasteiger partial charge in [-0.15, -0.1) is 0 Å². The zero-order valence-electron chi connectivity index (χ0n) is 8.33. The minimum Gasteiger partial charge on any atom is -0.311 e. The molecule has 1 fully saturated rings. The molecule has 1 nitrogen and oxygen atoms in total. The van der Waals surface area contributed by atoms with Gasteiger partial charge in [-0.05, 0) is 25.8 Å². The van der Waals surface area contributed by atoms with E-state index < -0.39 is 0 Å². The lowest BCUT2D eigenvalue weighted by Crippen LogP contribution is -2.26. The highest BCUT2D eigenvalue weighted by Crippen LogP contribution is 2.30. The maximum absolute atomic E-state index is 3.57. The Balaban J connectivity index is 2.18. The molecule has 1 heteroatoms. The first kappa shape index (κ1) is 8.76. The highest BCUT2D eigenvalue weighted by atomic mass is 15.0. The first-order valence-electron chi connectivity index (χ1n) is 5.08. The van der Waals surface area contributed by atoms with Crippen molar-refractivity contribution in [1.82, 2.24) is 5.32 Å². The number of nitrogens with one attached hydrogen (secondary N) is 1. The molecule has 0 radical (unpaired) electrons. The molecule has 0 amide bonds. The second-order valence-corrected chi connectivity index (χ2v) is 4.11. The summed E-state index contributed by atoms with van der Waals surface area (Å²) in [6.45, 7) is 4.54. The van der Waals surface area contributed by atoms with E-state index in [-0.39, 0.29) is 0 Å². The van der Waals surface area contributed by atoms with Crippen LogP contribution in [0.15, 0.2) is 30.3 Å². The van der Waals surface area contributed by atoms with Crippen LogP contribution in [0.2, 0.25) is 0 Å². The Bertz CT molecular complexity index is 268. The third-order valence-electron chi connectivity index (χ3n) is 2.99. The van der Waals surface area contributed by atoms with Crippen LogP contribution in [0.4, 0.5) is 0 Å². The van der Waals surface area contributed by atoms with Crippen molar-refractivity contribution in [3.63, 3.8) is 0 Å². The molecule has 0 saturated carbocycles. The molecule has 0 aliphatic carbocycles. The van der Waals surface area contributed by atoms with E-state index >= 15 is 0 Å². The quantitative estimate of drug-likeness (QED) is 0.691. The van der Waals surface area contributed by atoms with Gasteiger partial charge in [0, 0.05) is 18.0 Å². The van der Waals surface area contributed by atoms with E-state index in [4.69, 9.17) is 0 Å². The molecule has 1 aliphatic rings. The highest BCUT2D eigenvalue weighted by Gasteiger charge is 2.28. The molecule has 1 saturated heterocycles. The van der Waals surface area contributed by atoms with Crippen LogP contribution in [0, 0.1) is 0 Å². The largest absolute Gasteiger partial charge is 0.311 e. The van der Waals surface area contributed by atoms with E-state index in [1.54, 1.807) is 0 Å². The number of benzene rings is 1. The Morgan fingerprint density at radius 2 is 1.85 bits per heavy atom. The Labute approximate surface area is 80.2 Å². The third kappa shape index (κ3) is 1.75. The average molecular weight is 175 g/mol. The normalized spacial score (nSPS) is 33.5. The molecule has 0 aromatic heterocycles. The fourth-order valence-corrected chi connectivity index (χ4v) is 2.34. The minimum atomic E-state index is 0.623. The third-order valence-corrected chi connectivity index (χ3v) is 2.99. The number of rotatable bonds is 1. The van der Waals surface area contributed by atoms with E-state index in [2.05, 4.69) is 49.5 Å². The van der Waals surface area contributed by atoms with E-state index in [1.165, 1.54) is 12.0 Å². The van der Waals surface area contributed by atoms with Crippen LogP contribution in [0.1, 0.15) is 31.7 Å². The summed E-state index contributed by atoms with van der Waals surface area (Å²) in [6, 6.07) is 12.1. The fraction of sp³-hybridized carbons (Fsp3) is 0.500. The summed E-state index contributed by atoms with van der Waals surface area (Å²) < 4.78 is 0. The first-order chi connectivity index (χ1) is 6.27. The highest BCUT2D eigenvalue weighted by molar-refractivity contribution is 5.22. The molecule has 2 rings (SSSR count). The summed E-state index contributed by atoms with van der Waals surface area (Å²) in [5, 5.41) is 3.57. The van der Waals surface area contributed by atoms with Gasteiger partial charge in [-0.25, -0.2) is 0 Å². The van der Waals surface area contributed by atoms with Gasteiger partial charge < -0.3 is 5.32 Å². The van der Waals surface area contributed by atoms with E-state index in [0.29, 0.717) is 18.0 Å². The summed E-state index contributed by atoms with van der Waals surface area (Å²) in [5.41, 5.74) is 1.48. The molecule has 70 valence electrons. The zero-order chi connectivity index (χ0) is 9.26. The number of hydrogen-bond acceptors (Lipinski definition) is 1. The van der Waals surface area contributed by atoms with Crippen molar-refractivity contribution in [3.8, 4) is 0 Å². The van der Waals surface area contributed by atoms with Gasteiger partial charge in [0.25, 0.3) is 0 Å². The number of hydrogen-bond donors (Lipinski definition) is 1. The van der Waals surface area contributed by atoms with Crippen LogP contribution in [0.5, 0.6) is 0 Å². The van der Waals surface area contributed by atoms with Gasteiger partial charge in [-0.2, -0.15) is 0 Å². The molecular formula is C12H17N. The molecule has 0 bridgehead atoms. The Kier molecular flexibility index (Phi) is 2.36. The van der Waals surface area contributed by atoms with Crippen molar-refractivity contribution < 1.29 is 0 Å².